The molecule has 1 atom stereocenters. The molecule has 5 nitrogen and oxygen atoms in total. The van der Waals surface area contributed by atoms with E-state index in [9.17, 15) is 13.2 Å². The minimum Gasteiger partial charge on any atom is -0.339 e. The second kappa shape index (κ2) is 11.8. The summed E-state index contributed by atoms with van der Waals surface area (Å²) in [7, 11) is -3.37. The van der Waals surface area contributed by atoms with E-state index in [4.69, 9.17) is 0 Å². The predicted octanol–water partition coefficient (Wildman–Crippen LogP) is 5.31. The number of benzene rings is 3. The van der Waals surface area contributed by atoms with Crippen LogP contribution in [0.3, 0.4) is 0 Å². The Morgan fingerprint density at radius 3 is 2.24 bits per heavy atom. The summed E-state index contributed by atoms with van der Waals surface area (Å²) in [6, 6.07) is 25.0. The topological polar surface area (TPSA) is 66.5 Å². The van der Waals surface area contributed by atoms with E-state index in [1.54, 1.807) is 23.9 Å². The lowest BCUT2D eigenvalue weighted by Gasteiger charge is -2.36. The van der Waals surface area contributed by atoms with Gasteiger partial charge in [-0.15, -0.1) is 11.8 Å². The molecule has 196 valence electrons. The van der Waals surface area contributed by atoms with E-state index in [1.165, 1.54) is 0 Å². The number of sulfone groups is 1. The molecular weight excluding hydrogens is 500 g/mol. The third-order valence-corrected chi connectivity index (χ3v) is 9.98. The lowest BCUT2D eigenvalue weighted by molar-refractivity contribution is -0.132. The first kappa shape index (κ1) is 27.4. The van der Waals surface area contributed by atoms with Gasteiger partial charge in [0.2, 0.25) is 5.91 Å². The summed E-state index contributed by atoms with van der Waals surface area (Å²) in [6.45, 7) is 9.50. The first-order valence-electron chi connectivity index (χ1n) is 12.8. The van der Waals surface area contributed by atoms with Crippen LogP contribution in [-0.2, 0) is 21.1 Å². The minimum absolute atomic E-state index is 0.0811. The zero-order valence-electron chi connectivity index (χ0n) is 21.8. The van der Waals surface area contributed by atoms with Crippen molar-refractivity contribution in [1.82, 2.24) is 10.2 Å². The molecule has 1 aliphatic rings. The summed E-state index contributed by atoms with van der Waals surface area (Å²) in [5, 5.41) is 3.12. The molecule has 1 amide bonds. The van der Waals surface area contributed by atoms with Crippen molar-refractivity contribution in [2.24, 2.45) is 5.41 Å². The van der Waals surface area contributed by atoms with Crippen LogP contribution in [-0.4, -0.2) is 56.4 Å². The van der Waals surface area contributed by atoms with Gasteiger partial charge in [0, 0.05) is 31.1 Å². The number of nitrogens with zero attached hydrogens (tertiary/aromatic N) is 1. The Morgan fingerprint density at radius 1 is 0.919 bits per heavy atom. The molecule has 7 heteroatoms. The van der Waals surface area contributed by atoms with Gasteiger partial charge in [0.25, 0.3) is 0 Å². The van der Waals surface area contributed by atoms with Crippen LogP contribution in [0, 0.1) is 5.41 Å². The number of hydrogen-bond acceptors (Lipinski definition) is 5. The van der Waals surface area contributed by atoms with E-state index in [1.807, 2.05) is 65.6 Å². The molecule has 1 N–H and O–H groups in total. The molecule has 37 heavy (non-hydrogen) atoms. The highest BCUT2D eigenvalue weighted by Gasteiger charge is 2.35. The van der Waals surface area contributed by atoms with Crippen LogP contribution in [0.5, 0.6) is 0 Å². The molecule has 0 aliphatic carbocycles. The molecule has 3 aromatic rings. The fraction of sp³-hybridized carbons (Fsp3) is 0.367. The van der Waals surface area contributed by atoms with E-state index in [-0.39, 0.29) is 22.3 Å². The maximum Gasteiger partial charge on any atom is 0.236 e. The van der Waals surface area contributed by atoms with Crippen LogP contribution in [0.1, 0.15) is 26.3 Å². The molecule has 0 spiro atoms. The van der Waals surface area contributed by atoms with Crippen molar-refractivity contribution in [2.45, 2.75) is 42.2 Å². The Bertz CT molecular complexity index is 1290. The number of hydrogen-bond donors (Lipinski definition) is 1. The van der Waals surface area contributed by atoms with Crippen LogP contribution >= 0.6 is 11.8 Å². The maximum atomic E-state index is 13.4. The van der Waals surface area contributed by atoms with E-state index >= 15 is 0 Å². The normalized spacial score (nSPS) is 15.4. The Hall–Kier alpha value is -2.61. The van der Waals surface area contributed by atoms with Gasteiger partial charge >= 0.3 is 0 Å². The first-order valence-corrected chi connectivity index (χ1v) is 15.3. The van der Waals surface area contributed by atoms with Crippen molar-refractivity contribution in [3.8, 4) is 11.1 Å². The highest BCUT2D eigenvalue weighted by molar-refractivity contribution is 8.00. The highest BCUT2D eigenvalue weighted by atomic mass is 32.2. The SMILES string of the molecule is CC(C)(C)C(Sc1cccc(-c2ccc(S(=O)(=O)CCc3ccccc3)cc2)c1)C(=O)N1CCNCC1. The van der Waals surface area contributed by atoms with Crippen molar-refractivity contribution in [3.05, 3.63) is 84.4 Å². The maximum absolute atomic E-state index is 13.4. The predicted molar refractivity (Wildman–Crippen MR) is 153 cm³/mol. The summed E-state index contributed by atoms with van der Waals surface area (Å²) >= 11 is 1.61. The third kappa shape index (κ3) is 7.24. The molecule has 0 radical (unpaired) electrons. The number of rotatable bonds is 8. The van der Waals surface area contributed by atoms with Crippen LogP contribution < -0.4 is 5.32 Å². The molecule has 1 saturated heterocycles. The van der Waals surface area contributed by atoms with Gasteiger partial charge in [0.1, 0.15) is 0 Å². The quantitative estimate of drug-likeness (QED) is 0.395. The second-order valence-corrected chi connectivity index (χ2v) is 13.8. The smallest absolute Gasteiger partial charge is 0.236 e. The summed E-state index contributed by atoms with van der Waals surface area (Å²) in [4.78, 5) is 16.7. The van der Waals surface area contributed by atoms with Crippen LogP contribution in [0.2, 0.25) is 0 Å². The van der Waals surface area contributed by atoms with E-state index in [0.29, 0.717) is 11.3 Å². The monoisotopic (exact) mass is 536 g/mol. The van der Waals surface area contributed by atoms with Crippen molar-refractivity contribution in [3.63, 3.8) is 0 Å². The van der Waals surface area contributed by atoms with E-state index in [2.05, 4.69) is 32.2 Å². The molecule has 0 saturated carbocycles. The average molecular weight is 537 g/mol. The van der Waals surface area contributed by atoms with E-state index < -0.39 is 9.84 Å². The zero-order valence-corrected chi connectivity index (χ0v) is 23.4. The largest absolute Gasteiger partial charge is 0.339 e. The molecule has 4 rings (SSSR count). The second-order valence-electron chi connectivity index (χ2n) is 10.5. The van der Waals surface area contributed by atoms with E-state index in [0.717, 1.165) is 47.8 Å². The van der Waals surface area contributed by atoms with Gasteiger partial charge in [-0.05, 0) is 52.8 Å². The van der Waals surface area contributed by atoms with Gasteiger partial charge < -0.3 is 10.2 Å². The molecular formula is C30H36N2O3S2. The summed E-state index contributed by atoms with van der Waals surface area (Å²) < 4.78 is 25.7. The lowest BCUT2D eigenvalue weighted by Crippen LogP contribution is -2.51. The Kier molecular flexibility index (Phi) is 8.78. The van der Waals surface area contributed by atoms with Crippen LogP contribution in [0.4, 0.5) is 0 Å². The summed E-state index contributed by atoms with van der Waals surface area (Å²) in [5.41, 5.74) is 2.77. The van der Waals surface area contributed by atoms with Crippen LogP contribution in [0.25, 0.3) is 11.1 Å². The molecule has 1 unspecified atom stereocenters. The fourth-order valence-electron chi connectivity index (χ4n) is 4.40. The van der Waals surface area contributed by atoms with Crippen LogP contribution in [0.15, 0.2) is 88.7 Å². The van der Waals surface area contributed by atoms with Gasteiger partial charge in [0.05, 0.1) is 15.9 Å². The average Bonchev–Trinajstić information content (AvgIpc) is 2.91. The van der Waals surface area contributed by atoms with Crippen molar-refractivity contribution in [2.75, 3.05) is 31.9 Å². The minimum atomic E-state index is -3.37. The number of piperazine rings is 1. The number of carbonyl (C=O) groups is 1. The summed E-state index contributed by atoms with van der Waals surface area (Å²) in [6.07, 6.45) is 0.492. The number of nitrogens with one attached hydrogen (secondary N) is 1. The zero-order chi connectivity index (χ0) is 26.5. The number of thioether (sulfide) groups is 1. The van der Waals surface area contributed by atoms with Crippen molar-refractivity contribution in [1.29, 1.82) is 0 Å². The Morgan fingerprint density at radius 2 is 1.59 bits per heavy atom. The van der Waals surface area contributed by atoms with Gasteiger partial charge in [-0.25, -0.2) is 8.42 Å². The molecule has 1 fully saturated rings. The molecule has 0 bridgehead atoms. The molecule has 3 aromatic carbocycles. The lowest BCUT2D eigenvalue weighted by atomic mass is 9.90. The van der Waals surface area contributed by atoms with Gasteiger partial charge in [-0.1, -0.05) is 75.4 Å². The molecule has 1 heterocycles. The Labute approximate surface area is 225 Å². The fourth-order valence-corrected chi connectivity index (χ4v) is 6.92. The third-order valence-electron chi connectivity index (χ3n) is 6.58. The van der Waals surface area contributed by atoms with Gasteiger partial charge in [0.15, 0.2) is 9.84 Å². The van der Waals surface area contributed by atoms with Crippen molar-refractivity contribution < 1.29 is 13.2 Å². The van der Waals surface area contributed by atoms with Gasteiger partial charge in [-0.3, -0.25) is 4.79 Å². The molecule has 0 aromatic heterocycles. The summed E-state index contributed by atoms with van der Waals surface area (Å²) in [5.74, 6) is 0.270. The standard InChI is InChI=1S/C30H36N2O3S2/c1-30(2,3)28(29(33)32-19-17-31-18-20-32)36-26-11-7-10-25(22-26)24-12-14-27(15-13-24)37(34,35)21-16-23-8-5-4-6-9-23/h4-15,22,28,31H,16-21H2,1-3H3. The molecule has 1 aliphatic heterocycles. The highest BCUT2D eigenvalue weighted by Crippen LogP contribution is 2.38. The van der Waals surface area contributed by atoms with Crippen molar-refractivity contribution >= 4 is 27.5 Å². The number of amides is 1. The van der Waals surface area contributed by atoms with Gasteiger partial charge in [-0.2, -0.15) is 0 Å². The number of carbonyl (C=O) groups excluding carboxylic acids is 1. The number of aryl methyl sites for hydroxylation is 1. The Balaban J connectivity index is 1.48. The first-order chi connectivity index (χ1) is 17.6.